The van der Waals surface area contributed by atoms with Crippen molar-refractivity contribution < 1.29 is 9.66 Å². The number of nitro groups is 1. The minimum Gasteiger partial charge on any atom is -0.376 e. The average Bonchev–Trinajstić information content (AvgIpc) is 3.12. The number of hydrogen-bond donors (Lipinski definition) is 1. The largest absolute Gasteiger partial charge is 0.376 e. The SMILES string of the molecule is Cc1cc([N+](=O)[O-])cnc1NC1CCOC1C1CC1. The summed E-state index contributed by atoms with van der Waals surface area (Å²) in [5, 5.41) is 14.1. The van der Waals surface area contributed by atoms with Crippen molar-refractivity contribution in [2.45, 2.75) is 38.3 Å². The van der Waals surface area contributed by atoms with Crippen LogP contribution in [0, 0.1) is 23.0 Å². The van der Waals surface area contributed by atoms with Gasteiger partial charge in [-0.1, -0.05) is 0 Å². The standard InChI is InChI=1S/C13H17N3O3/c1-8-6-10(16(17)18)7-14-13(8)15-11-4-5-19-12(11)9-2-3-9/h6-7,9,11-12H,2-5H2,1H3,(H,14,15). The molecular weight excluding hydrogens is 246 g/mol. The zero-order valence-corrected chi connectivity index (χ0v) is 10.8. The van der Waals surface area contributed by atoms with E-state index in [0.717, 1.165) is 24.4 Å². The first-order valence-corrected chi connectivity index (χ1v) is 6.64. The van der Waals surface area contributed by atoms with Gasteiger partial charge in [-0.05, 0) is 37.7 Å². The number of hydrogen-bond acceptors (Lipinski definition) is 5. The van der Waals surface area contributed by atoms with E-state index in [0.29, 0.717) is 5.92 Å². The maximum absolute atomic E-state index is 10.7. The van der Waals surface area contributed by atoms with Gasteiger partial charge in [0.2, 0.25) is 0 Å². The van der Waals surface area contributed by atoms with Crippen LogP contribution in [0.2, 0.25) is 0 Å². The smallest absolute Gasteiger partial charge is 0.287 e. The second-order valence-corrected chi connectivity index (χ2v) is 5.33. The fourth-order valence-corrected chi connectivity index (χ4v) is 2.64. The highest BCUT2D eigenvalue weighted by molar-refractivity contribution is 5.49. The zero-order valence-electron chi connectivity index (χ0n) is 10.8. The molecule has 3 rings (SSSR count). The molecule has 1 aliphatic carbocycles. The Balaban J connectivity index is 1.73. The van der Waals surface area contributed by atoms with Crippen molar-refractivity contribution in [3.63, 3.8) is 0 Å². The fraction of sp³-hybridized carbons (Fsp3) is 0.615. The van der Waals surface area contributed by atoms with Crippen LogP contribution < -0.4 is 5.32 Å². The molecule has 0 amide bonds. The molecule has 1 saturated carbocycles. The van der Waals surface area contributed by atoms with Crippen LogP contribution in [-0.2, 0) is 4.74 Å². The van der Waals surface area contributed by atoms with Gasteiger partial charge in [0.25, 0.3) is 5.69 Å². The highest BCUT2D eigenvalue weighted by atomic mass is 16.6. The van der Waals surface area contributed by atoms with Crippen molar-refractivity contribution in [3.05, 3.63) is 27.9 Å². The van der Waals surface area contributed by atoms with E-state index in [4.69, 9.17) is 4.74 Å². The molecule has 1 N–H and O–H groups in total. The first kappa shape index (κ1) is 12.3. The molecule has 0 aromatic carbocycles. The summed E-state index contributed by atoms with van der Waals surface area (Å²) in [6, 6.07) is 1.83. The zero-order chi connectivity index (χ0) is 13.4. The van der Waals surface area contributed by atoms with Crippen LogP contribution in [0.1, 0.15) is 24.8 Å². The highest BCUT2D eigenvalue weighted by Gasteiger charge is 2.40. The Kier molecular flexibility index (Phi) is 3.10. The van der Waals surface area contributed by atoms with Gasteiger partial charge < -0.3 is 10.1 Å². The molecule has 0 bridgehead atoms. The van der Waals surface area contributed by atoms with E-state index in [1.54, 1.807) is 6.07 Å². The molecule has 19 heavy (non-hydrogen) atoms. The van der Waals surface area contributed by atoms with Gasteiger partial charge in [0.1, 0.15) is 12.0 Å². The molecule has 1 aromatic heterocycles. The molecule has 102 valence electrons. The molecule has 0 spiro atoms. The lowest BCUT2D eigenvalue weighted by Crippen LogP contribution is -2.31. The normalized spacial score (nSPS) is 26.4. The van der Waals surface area contributed by atoms with Gasteiger partial charge in [0.15, 0.2) is 0 Å². The van der Waals surface area contributed by atoms with Gasteiger partial charge >= 0.3 is 0 Å². The van der Waals surface area contributed by atoms with Gasteiger partial charge in [-0.25, -0.2) is 4.98 Å². The van der Waals surface area contributed by atoms with Gasteiger partial charge in [0.05, 0.1) is 17.1 Å². The van der Waals surface area contributed by atoms with Crippen LogP contribution >= 0.6 is 0 Å². The Morgan fingerprint density at radius 2 is 2.26 bits per heavy atom. The topological polar surface area (TPSA) is 77.3 Å². The molecule has 2 aliphatic rings. The summed E-state index contributed by atoms with van der Waals surface area (Å²) >= 11 is 0. The average molecular weight is 263 g/mol. The van der Waals surface area contributed by atoms with Crippen molar-refractivity contribution in [1.82, 2.24) is 4.98 Å². The number of rotatable bonds is 4. The summed E-state index contributed by atoms with van der Waals surface area (Å²) < 4.78 is 5.77. The first-order chi connectivity index (χ1) is 9.15. The van der Waals surface area contributed by atoms with E-state index in [1.165, 1.54) is 19.0 Å². The van der Waals surface area contributed by atoms with E-state index in [2.05, 4.69) is 10.3 Å². The van der Waals surface area contributed by atoms with Crippen molar-refractivity contribution in [2.24, 2.45) is 5.92 Å². The predicted octanol–water partition coefficient (Wildman–Crippen LogP) is 2.28. The van der Waals surface area contributed by atoms with E-state index < -0.39 is 4.92 Å². The Bertz CT molecular complexity index is 502. The summed E-state index contributed by atoms with van der Waals surface area (Å²) in [7, 11) is 0. The fourth-order valence-electron chi connectivity index (χ4n) is 2.64. The molecule has 1 saturated heterocycles. The van der Waals surface area contributed by atoms with Gasteiger partial charge in [-0.15, -0.1) is 0 Å². The monoisotopic (exact) mass is 263 g/mol. The number of pyridine rings is 1. The summed E-state index contributed by atoms with van der Waals surface area (Å²) in [5.41, 5.74) is 0.833. The maximum atomic E-state index is 10.7. The molecule has 2 fully saturated rings. The molecular formula is C13H17N3O3. The van der Waals surface area contributed by atoms with E-state index in [-0.39, 0.29) is 17.8 Å². The molecule has 2 unspecified atom stereocenters. The Hall–Kier alpha value is -1.69. The Labute approximate surface area is 111 Å². The summed E-state index contributed by atoms with van der Waals surface area (Å²) in [5.74, 6) is 1.41. The number of anilines is 1. The quantitative estimate of drug-likeness (QED) is 0.666. The first-order valence-electron chi connectivity index (χ1n) is 6.64. The minimum absolute atomic E-state index is 0.0319. The Morgan fingerprint density at radius 1 is 1.47 bits per heavy atom. The maximum Gasteiger partial charge on any atom is 0.287 e. The van der Waals surface area contributed by atoms with Crippen molar-refractivity contribution in [3.8, 4) is 0 Å². The summed E-state index contributed by atoms with van der Waals surface area (Å²) in [4.78, 5) is 14.4. The lowest BCUT2D eigenvalue weighted by Gasteiger charge is -2.20. The van der Waals surface area contributed by atoms with Gasteiger partial charge in [0, 0.05) is 12.7 Å². The Morgan fingerprint density at radius 3 is 2.89 bits per heavy atom. The molecule has 6 heteroatoms. The highest BCUT2D eigenvalue weighted by Crippen LogP contribution is 2.39. The van der Waals surface area contributed by atoms with Gasteiger partial charge in [-0.3, -0.25) is 10.1 Å². The molecule has 1 aliphatic heterocycles. The second-order valence-electron chi connectivity index (χ2n) is 5.33. The van der Waals surface area contributed by atoms with Crippen LogP contribution in [0.4, 0.5) is 11.5 Å². The molecule has 2 atom stereocenters. The third-order valence-electron chi connectivity index (χ3n) is 3.82. The van der Waals surface area contributed by atoms with Crippen molar-refractivity contribution in [1.29, 1.82) is 0 Å². The van der Waals surface area contributed by atoms with Gasteiger partial charge in [-0.2, -0.15) is 0 Å². The third-order valence-corrected chi connectivity index (χ3v) is 3.82. The predicted molar refractivity (Wildman–Crippen MR) is 70.1 cm³/mol. The number of aryl methyl sites for hydroxylation is 1. The van der Waals surface area contributed by atoms with Crippen LogP contribution in [0.25, 0.3) is 0 Å². The van der Waals surface area contributed by atoms with Crippen molar-refractivity contribution >= 4 is 11.5 Å². The van der Waals surface area contributed by atoms with Crippen LogP contribution in [-0.4, -0.2) is 28.7 Å². The second kappa shape index (κ2) is 4.77. The number of nitrogens with one attached hydrogen (secondary N) is 1. The summed E-state index contributed by atoms with van der Waals surface area (Å²) in [6.07, 6.45) is 5.04. The number of nitrogens with zero attached hydrogens (tertiary/aromatic N) is 2. The molecule has 1 aromatic rings. The lowest BCUT2D eigenvalue weighted by molar-refractivity contribution is -0.385. The lowest BCUT2D eigenvalue weighted by atomic mass is 10.1. The van der Waals surface area contributed by atoms with Crippen LogP contribution in [0.3, 0.4) is 0 Å². The molecule has 2 heterocycles. The molecule has 6 nitrogen and oxygen atoms in total. The van der Waals surface area contributed by atoms with Crippen LogP contribution in [0.15, 0.2) is 12.3 Å². The summed E-state index contributed by atoms with van der Waals surface area (Å²) in [6.45, 7) is 2.62. The number of aromatic nitrogens is 1. The number of ether oxygens (including phenoxy) is 1. The molecule has 0 radical (unpaired) electrons. The van der Waals surface area contributed by atoms with Crippen LogP contribution in [0.5, 0.6) is 0 Å². The minimum atomic E-state index is -0.421. The van der Waals surface area contributed by atoms with Crippen molar-refractivity contribution in [2.75, 3.05) is 11.9 Å². The van der Waals surface area contributed by atoms with E-state index in [9.17, 15) is 10.1 Å². The third kappa shape index (κ3) is 2.53. The van der Waals surface area contributed by atoms with E-state index in [1.807, 2.05) is 6.92 Å². The van der Waals surface area contributed by atoms with E-state index >= 15 is 0 Å².